The Kier molecular flexibility index (Phi) is 3.08. The number of aromatic nitrogens is 4. The van der Waals surface area contributed by atoms with Gasteiger partial charge in [-0.05, 0) is 18.2 Å². The van der Waals surface area contributed by atoms with Crippen molar-refractivity contribution in [3.05, 3.63) is 52.3 Å². The molecule has 3 aromatic rings. The van der Waals surface area contributed by atoms with E-state index in [-0.39, 0.29) is 0 Å². The van der Waals surface area contributed by atoms with Crippen LogP contribution in [0.3, 0.4) is 0 Å². The van der Waals surface area contributed by atoms with Gasteiger partial charge in [0, 0.05) is 29.9 Å². The van der Waals surface area contributed by atoms with Crippen molar-refractivity contribution in [3.8, 4) is 5.82 Å². The fourth-order valence-electron chi connectivity index (χ4n) is 2.02. The summed E-state index contributed by atoms with van der Waals surface area (Å²) in [5.41, 5.74) is 0.187. The Morgan fingerprint density at radius 1 is 1.30 bits per heavy atom. The average Bonchev–Trinajstić information content (AvgIpc) is 2.47. The molecule has 0 aliphatic rings. The maximum atomic E-state index is 12.2. The second-order valence-electron chi connectivity index (χ2n) is 4.05. The lowest BCUT2D eigenvalue weighted by atomic mass is 10.2. The minimum absolute atomic E-state index is 0.403. The van der Waals surface area contributed by atoms with Gasteiger partial charge in [0.2, 0.25) is 0 Å². The Bertz CT molecular complexity index is 831. The van der Waals surface area contributed by atoms with Crippen molar-refractivity contribution in [2.24, 2.45) is 0 Å². The zero-order valence-corrected chi connectivity index (χ0v) is 11.3. The molecule has 0 aliphatic carbocycles. The monoisotopic (exact) mass is 287 g/mol. The minimum atomic E-state index is -0.440. The van der Waals surface area contributed by atoms with Crippen LogP contribution in [-0.4, -0.2) is 26.6 Å². The van der Waals surface area contributed by atoms with Crippen molar-refractivity contribution in [1.29, 1.82) is 0 Å². The van der Waals surface area contributed by atoms with E-state index < -0.39 is 5.69 Å². The van der Waals surface area contributed by atoms with Crippen LogP contribution in [0.1, 0.15) is 0 Å². The molecule has 0 unspecified atom stereocenters. The molecule has 0 atom stereocenters. The Morgan fingerprint density at radius 3 is 2.85 bits per heavy atom. The lowest BCUT2D eigenvalue weighted by molar-refractivity contribution is 0.911. The van der Waals surface area contributed by atoms with Gasteiger partial charge in [-0.15, -0.1) is 0 Å². The first-order valence-electron chi connectivity index (χ1n) is 5.87. The summed E-state index contributed by atoms with van der Waals surface area (Å²) in [5, 5.41) is 4.22. The lowest BCUT2D eigenvalue weighted by Gasteiger charge is -2.11. The predicted molar refractivity (Wildman–Crippen MR) is 77.5 cm³/mol. The van der Waals surface area contributed by atoms with Crippen LogP contribution in [0.15, 0.2) is 41.6 Å². The summed E-state index contributed by atoms with van der Waals surface area (Å²) in [4.78, 5) is 24.4. The molecule has 0 spiro atoms. The molecule has 100 valence electrons. The molecule has 0 amide bonds. The first-order valence-corrected chi connectivity index (χ1v) is 6.25. The molecule has 0 saturated carbocycles. The van der Waals surface area contributed by atoms with Crippen molar-refractivity contribution >= 4 is 28.3 Å². The molecule has 1 aromatic carbocycles. The van der Waals surface area contributed by atoms with Crippen LogP contribution >= 0.6 is 11.6 Å². The fraction of sp³-hybridized carbons (Fsp3) is 0.0769. The Hall–Kier alpha value is -2.47. The number of nitrogens with zero attached hydrogens (tertiary/aromatic N) is 4. The van der Waals surface area contributed by atoms with Crippen molar-refractivity contribution in [2.45, 2.75) is 0 Å². The Morgan fingerprint density at radius 2 is 2.15 bits per heavy atom. The number of anilines is 1. The van der Waals surface area contributed by atoms with Crippen molar-refractivity contribution in [2.75, 3.05) is 12.4 Å². The number of fused-ring (bicyclic) bond motifs is 1. The molecule has 0 aliphatic heterocycles. The number of hydrogen-bond acceptors (Lipinski definition) is 5. The van der Waals surface area contributed by atoms with Crippen molar-refractivity contribution in [1.82, 2.24) is 19.5 Å². The highest BCUT2D eigenvalue weighted by atomic mass is 35.5. The predicted octanol–water partition coefficient (Wildman–Crippen LogP) is 1.87. The molecule has 0 saturated heterocycles. The quantitative estimate of drug-likeness (QED) is 0.779. The maximum absolute atomic E-state index is 12.2. The van der Waals surface area contributed by atoms with E-state index in [9.17, 15) is 4.79 Å². The third-order valence-corrected chi connectivity index (χ3v) is 3.11. The topological polar surface area (TPSA) is 72.7 Å². The summed E-state index contributed by atoms with van der Waals surface area (Å²) in [6.07, 6.45) is 4.56. The molecule has 2 heterocycles. The maximum Gasteiger partial charge on any atom is 0.355 e. The smallest absolute Gasteiger partial charge is 0.355 e. The molecule has 7 heteroatoms. The van der Waals surface area contributed by atoms with E-state index in [1.165, 1.54) is 17.0 Å². The van der Waals surface area contributed by atoms with Crippen LogP contribution in [0.5, 0.6) is 0 Å². The molecule has 0 fully saturated rings. The molecule has 0 radical (unpaired) electrons. The molecule has 0 bridgehead atoms. The van der Waals surface area contributed by atoms with Crippen LogP contribution in [0.4, 0.5) is 5.82 Å². The highest BCUT2D eigenvalue weighted by Crippen LogP contribution is 2.24. The molecule has 6 nitrogen and oxygen atoms in total. The number of hydrogen-bond donors (Lipinski definition) is 1. The minimum Gasteiger partial charge on any atom is -0.372 e. The zero-order chi connectivity index (χ0) is 14.1. The van der Waals surface area contributed by atoms with Gasteiger partial charge in [0.25, 0.3) is 0 Å². The van der Waals surface area contributed by atoms with Gasteiger partial charge >= 0.3 is 5.69 Å². The number of halogens is 1. The molecule has 20 heavy (non-hydrogen) atoms. The Labute approximate surface area is 119 Å². The lowest BCUT2D eigenvalue weighted by Crippen LogP contribution is -2.23. The summed E-state index contributed by atoms with van der Waals surface area (Å²) in [7, 11) is 1.71. The van der Waals surface area contributed by atoms with Crippen LogP contribution < -0.4 is 11.0 Å². The molecular weight excluding hydrogens is 278 g/mol. The van der Waals surface area contributed by atoms with Crippen molar-refractivity contribution in [3.63, 3.8) is 0 Å². The summed E-state index contributed by atoms with van der Waals surface area (Å²) < 4.78 is 1.38. The van der Waals surface area contributed by atoms with Gasteiger partial charge < -0.3 is 5.32 Å². The second-order valence-corrected chi connectivity index (χ2v) is 4.49. The molecule has 2 aromatic heterocycles. The molecule has 3 rings (SSSR count). The summed E-state index contributed by atoms with van der Waals surface area (Å²) >= 11 is 6.03. The first kappa shape index (κ1) is 12.6. The molecular formula is C13H10ClN5O. The highest BCUT2D eigenvalue weighted by Gasteiger charge is 2.12. The van der Waals surface area contributed by atoms with Gasteiger partial charge in [0.15, 0.2) is 5.82 Å². The van der Waals surface area contributed by atoms with E-state index in [1.54, 1.807) is 25.4 Å². The first-order chi connectivity index (χ1) is 9.70. The van der Waals surface area contributed by atoms with Gasteiger partial charge in [-0.1, -0.05) is 11.6 Å². The van der Waals surface area contributed by atoms with Gasteiger partial charge in [0.05, 0.1) is 11.7 Å². The van der Waals surface area contributed by atoms with E-state index in [0.717, 1.165) is 5.39 Å². The van der Waals surface area contributed by atoms with E-state index in [1.807, 2.05) is 6.07 Å². The summed E-state index contributed by atoms with van der Waals surface area (Å²) in [5.74, 6) is 0.904. The third-order valence-electron chi connectivity index (χ3n) is 2.87. The van der Waals surface area contributed by atoms with Crippen LogP contribution in [-0.2, 0) is 0 Å². The van der Waals surface area contributed by atoms with Crippen LogP contribution in [0.25, 0.3) is 16.7 Å². The molecule has 1 N–H and O–H groups in total. The number of rotatable bonds is 2. The fourth-order valence-corrected chi connectivity index (χ4v) is 2.18. The van der Waals surface area contributed by atoms with E-state index >= 15 is 0 Å². The SMILES string of the molecule is CNc1nc(=O)n(-c2cnccn2)c2cc(Cl)ccc12. The normalized spacial score (nSPS) is 10.7. The van der Waals surface area contributed by atoms with E-state index in [4.69, 9.17) is 11.6 Å². The van der Waals surface area contributed by atoms with Gasteiger partial charge in [-0.25, -0.2) is 14.3 Å². The number of nitrogens with one attached hydrogen (secondary N) is 1. The average molecular weight is 288 g/mol. The largest absolute Gasteiger partial charge is 0.372 e. The standard InChI is InChI=1S/C13H10ClN5O/c1-15-12-9-3-2-8(14)6-10(9)19(13(20)18-12)11-7-16-4-5-17-11/h2-7H,1H3,(H,15,18,20). The van der Waals surface area contributed by atoms with E-state index in [2.05, 4.69) is 20.3 Å². The van der Waals surface area contributed by atoms with Crippen LogP contribution in [0, 0.1) is 0 Å². The third kappa shape index (κ3) is 2.00. The summed E-state index contributed by atoms with van der Waals surface area (Å²) in [6.45, 7) is 0. The Balaban J connectivity index is 2.46. The van der Waals surface area contributed by atoms with E-state index in [0.29, 0.717) is 22.2 Å². The van der Waals surface area contributed by atoms with Crippen molar-refractivity contribution < 1.29 is 0 Å². The van der Waals surface area contributed by atoms with Crippen LogP contribution in [0.2, 0.25) is 5.02 Å². The number of benzene rings is 1. The van der Waals surface area contributed by atoms with Gasteiger partial charge in [-0.2, -0.15) is 4.98 Å². The second kappa shape index (κ2) is 4.90. The zero-order valence-electron chi connectivity index (χ0n) is 10.5. The van der Waals surface area contributed by atoms with Gasteiger partial charge in [0.1, 0.15) is 5.82 Å². The van der Waals surface area contributed by atoms with Gasteiger partial charge in [-0.3, -0.25) is 4.98 Å². The summed E-state index contributed by atoms with van der Waals surface area (Å²) in [6, 6.07) is 5.26. The highest BCUT2D eigenvalue weighted by molar-refractivity contribution is 6.31.